The van der Waals surface area contributed by atoms with Crippen LogP contribution in [0.3, 0.4) is 0 Å². The lowest BCUT2D eigenvalue weighted by Crippen LogP contribution is -2.38. The third-order valence-electron chi connectivity index (χ3n) is 3.42. The van der Waals surface area contributed by atoms with Crippen LogP contribution in [-0.2, 0) is 6.42 Å². The lowest BCUT2D eigenvalue weighted by atomic mass is 10.0. The molecule has 0 fully saturated rings. The fourth-order valence-electron chi connectivity index (χ4n) is 2.26. The molecular weight excluding hydrogens is 262 g/mol. The van der Waals surface area contributed by atoms with Crippen LogP contribution in [0.1, 0.15) is 29.7 Å². The highest BCUT2D eigenvalue weighted by atomic mass is 16.2. The highest BCUT2D eigenvalue weighted by Crippen LogP contribution is 2.16. The number of hydrogen-bond donors (Lipinski definition) is 2. The zero-order valence-electron chi connectivity index (χ0n) is 12.5. The number of aryl methyl sites for hydroxylation is 1. The van der Waals surface area contributed by atoms with Gasteiger partial charge in [-0.15, -0.1) is 0 Å². The molecule has 4 nitrogen and oxygen atoms in total. The molecule has 0 aliphatic heterocycles. The summed E-state index contributed by atoms with van der Waals surface area (Å²) in [4.78, 5) is 15.9. The number of nitrogens with one attached hydrogen (secondary N) is 2. The van der Waals surface area contributed by atoms with Gasteiger partial charge in [0, 0.05) is 18.9 Å². The van der Waals surface area contributed by atoms with E-state index in [2.05, 4.69) is 15.6 Å². The van der Waals surface area contributed by atoms with E-state index in [1.807, 2.05) is 56.4 Å². The first-order valence-corrected chi connectivity index (χ1v) is 7.15. The smallest absolute Gasteiger partial charge is 0.315 e. The van der Waals surface area contributed by atoms with Crippen LogP contribution in [-0.4, -0.2) is 17.6 Å². The number of carbonyl (C=O) groups is 1. The van der Waals surface area contributed by atoms with E-state index in [4.69, 9.17) is 0 Å². The minimum Gasteiger partial charge on any atom is -0.338 e. The number of hydrogen-bond acceptors (Lipinski definition) is 2. The molecule has 0 radical (unpaired) electrons. The molecule has 1 heterocycles. The van der Waals surface area contributed by atoms with Gasteiger partial charge in [0.05, 0.1) is 6.04 Å². The van der Waals surface area contributed by atoms with Gasteiger partial charge >= 0.3 is 6.03 Å². The second-order valence-corrected chi connectivity index (χ2v) is 5.09. The molecule has 1 aromatic carbocycles. The third kappa shape index (κ3) is 4.60. The summed E-state index contributed by atoms with van der Waals surface area (Å²) in [7, 11) is 0. The SMILES string of the molecule is Cc1ccccc1[C@@H](C)NC(=O)NCCc1cccnc1. The zero-order chi connectivity index (χ0) is 15.1. The first-order valence-electron chi connectivity index (χ1n) is 7.15. The average molecular weight is 283 g/mol. The summed E-state index contributed by atoms with van der Waals surface area (Å²) in [6.07, 6.45) is 4.34. The molecule has 2 amide bonds. The van der Waals surface area contributed by atoms with Crippen molar-refractivity contribution in [3.05, 3.63) is 65.5 Å². The van der Waals surface area contributed by atoms with Gasteiger partial charge in [-0.05, 0) is 43.0 Å². The Bertz CT molecular complexity index is 584. The van der Waals surface area contributed by atoms with Gasteiger partial charge in [-0.25, -0.2) is 4.79 Å². The number of urea groups is 1. The van der Waals surface area contributed by atoms with Crippen molar-refractivity contribution in [2.24, 2.45) is 0 Å². The summed E-state index contributed by atoms with van der Waals surface area (Å²) >= 11 is 0. The van der Waals surface area contributed by atoms with Gasteiger partial charge in [0.15, 0.2) is 0 Å². The lowest BCUT2D eigenvalue weighted by molar-refractivity contribution is 0.238. The number of nitrogens with zero attached hydrogens (tertiary/aromatic N) is 1. The minimum atomic E-state index is -0.144. The lowest BCUT2D eigenvalue weighted by Gasteiger charge is -2.17. The molecule has 0 saturated heterocycles. The Balaban J connectivity index is 1.78. The Morgan fingerprint density at radius 3 is 2.76 bits per heavy atom. The molecule has 0 aliphatic rings. The van der Waals surface area contributed by atoms with E-state index < -0.39 is 0 Å². The van der Waals surface area contributed by atoms with Crippen molar-refractivity contribution in [3.63, 3.8) is 0 Å². The molecule has 2 rings (SSSR count). The largest absolute Gasteiger partial charge is 0.338 e. The van der Waals surface area contributed by atoms with Crippen LogP contribution < -0.4 is 10.6 Å². The predicted molar refractivity (Wildman–Crippen MR) is 84.1 cm³/mol. The summed E-state index contributed by atoms with van der Waals surface area (Å²) in [6, 6.07) is 11.8. The standard InChI is InChI=1S/C17H21N3O/c1-13-6-3-4-8-16(13)14(2)20-17(21)19-11-9-15-7-5-10-18-12-15/h3-8,10,12,14H,9,11H2,1-2H3,(H2,19,20,21)/t14-/m1/s1. The Morgan fingerprint density at radius 2 is 2.05 bits per heavy atom. The molecule has 0 unspecified atom stereocenters. The van der Waals surface area contributed by atoms with E-state index in [0.29, 0.717) is 6.54 Å². The fraction of sp³-hybridized carbons (Fsp3) is 0.294. The van der Waals surface area contributed by atoms with Gasteiger partial charge < -0.3 is 10.6 Å². The number of pyridine rings is 1. The van der Waals surface area contributed by atoms with Crippen molar-refractivity contribution in [3.8, 4) is 0 Å². The van der Waals surface area contributed by atoms with Gasteiger partial charge in [0.1, 0.15) is 0 Å². The monoisotopic (exact) mass is 283 g/mol. The highest BCUT2D eigenvalue weighted by molar-refractivity contribution is 5.74. The van der Waals surface area contributed by atoms with Gasteiger partial charge in [0.2, 0.25) is 0 Å². The molecule has 110 valence electrons. The molecule has 0 spiro atoms. The molecule has 1 atom stereocenters. The Kier molecular flexibility index (Phi) is 5.32. The minimum absolute atomic E-state index is 0.00964. The van der Waals surface area contributed by atoms with Crippen LogP contribution in [0.15, 0.2) is 48.8 Å². The first kappa shape index (κ1) is 15.0. The van der Waals surface area contributed by atoms with Crippen LogP contribution in [0.4, 0.5) is 4.79 Å². The van der Waals surface area contributed by atoms with E-state index in [1.165, 1.54) is 5.56 Å². The number of carbonyl (C=O) groups excluding carboxylic acids is 1. The molecule has 0 saturated carbocycles. The molecular formula is C17H21N3O. The fourth-order valence-corrected chi connectivity index (χ4v) is 2.26. The van der Waals surface area contributed by atoms with Crippen LogP contribution in [0.25, 0.3) is 0 Å². The quantitative estimate of drug-likeness (QED) is 0.886. The van der Waals surface area contributed by atoms with E-state index >= 15 is 0 Å². The van der Waals surface area contributed by atoms with Crippen molar-refractivity contribution in [2.75, 3.05) is 6.54 Å². The van der Waals surface area contributed by atoms with Crippen molar-refractivity contribution in [1.82, 2.24) is 15.6 Å². The topological polar surface area (TPSA) is 54.0 Å². The molecule has 2 aromatic rings. The number of rotatable bonds is 5. The van der Waals surface area contributed by atoms with E-state index in [-0.39, 0.29) is 12.1 Å². The predicted octanol–water partition coefficient (Wildman–Crippen LogP) is 2.99. The van der Waals surface area contributed by atoms with E-state index in [9.17, 15) is 4.79 Å². The summed E-state index contributed by atoms with van der Waals surface area (Å²) in [5, 5.41) is 5.83. The van der Waals surface area contributed by atoms with Crippen molar-refractivity contribution in [1.29, 1.82) is 0 Å². The van der Waals surface area contributed by atoms with Gasteiger partial charge in [-0.1, -0.05) is 30.3 Å². The maximum Gasteiger partial charge on any atom is 0.315 e. The maximum absolute atomic E-state index is 11.9. The van der Waals surface area contributed by atoms with Crippen LogP contribution in [0.5, 0.6) is 0 Å². The van der Waals surface area contributed by atoms with Gasteiger partial charge in [-0.3, -0.25) is 4.98 Å². The second kappa shape index (κ2) is 7.43. The summed E-state index contributed by atoms with van der Waals surface area (Å²) in [6.45, 7) is 4.63. The normalized spacial score (nSPS) is 11.7. The van der Waals surface area contributed by atoms with Crippen molar-refractivity contribution >= 4 is 6.03 Å². The molecule has 2 N–H and O–H groups in total. The van der Waals surface area contributed by atoms with Crippen molar-refractivity contribution in [2.45, 2.75) is 26.3 Å². The second-order valence-electron chi connectivity index (χ2n) is 5.09. The van der Waals surface area contributed by atoms with Crippen LogP contribution >= 0.6 is 0 Å². The Labute approximate surface area is 125 Å². The first-order chi connectivity index (χ1) is 10.2. The third-order valence-corrected chi connectivity index (χ3v) is 3.42. The van der Waals surface area contributed by atoms with Crippen LogP contribution in [0, 0.1) is 6.92 Å². The van der Waals surface area contributed by atoms with E-state index in [0.717, 1.165) is 17.5 Å². The highest BCUT2D eigenvalue weighted by Gasteiger charge is 2.10. The molecule has 4 heteroatoms. The summed E-state index contributed by atoms with van der Waals surface area (Å²) in [5.74, 6) is 0. The Hall–Kier alpha value is -2.36. The van der Waals surface area contributed by atoms with E-state index in [1.54, 1.807) is 6.20 Å². The van der Waals surface area contributed by atoms with Gasteiger partial charge in [-0.2, -0.15) is 0 Å². The number of amides is 2. The number of benzene rings is 1. The summed E-state index contributed by atoms with van der Waals surface area (Å²) < 4.78 is 0. The molecule has 0 aliphatic carbocycles. The maximum atomic E-state index is 11.9. The van der Waals surface area contributed by atoms with Gasteiger partial charge in [0.25, 0.3) is 0 Å². The van der Waals surface area contributed by atoms with Crippen LogP contribution in [0.2, 0.25) is 0 Å². The average Bonchev–Trinajstić information content (AvgIpc) is 2.48. The molecule has 0 bridgehead atoms. The van der Waals surface area contributed by atoms with Crippen molar-refractivity contribution < 1.29 is 4.79 Å². The molecule has 1 aromatic heterocycles. The Morgan fingerprint density at radius 1 is 1.24 bits per heavy atom. The zero-order valence-corrected chi connectivity index (χ0v) is 12.5. The molecule has 21 heavy (non-hydrogen) atoms. The summed E-state index contributed by atoms with van der Waals surface area (Å²) in [5.41, 5.74) is 3.44. The number of aromatic nitrogens is 1.